The second-order valence-electron chi connectivity index (χ2n) is 9.23. The fourth-order valence-electron chi connectivity index (χ4n) is 4.40. The molecule has 33 heavy (non-hydrogen) atoms. The van der Waals surface area contributed by atoms with Gasteiger partial charge in [-0.1, -0.05) is 26.0 Å². The van der Waals surface area contributed by atoms with Crippen LogP contribution in [0.5, 0.6) is 0 Å². The number of nitrogens with zero attached hydrogens (tertiary/aromatic N) is 1. The van der Waals surface area contributed by atoms with Gasteiger partial charge in [-0.05, 0) is 50.2 Å². The van der Waals surface area contributed by atoms with Gasteiger partial charge in [0, 0.05) is 30.8 Å². The number of likely N-dealkylation sites (tertiary alicyclic amines) is 1. The third-order valence-electron chi connectivity index (χ3n) is 6.04. The highest BCUT2D eigenvalue weighted by molar-refractivity contribution is 5.94. The highest BCUT2D eigenvalue weighted by atomic mass is 19.4. The minimum absolute atomic E-state index is 0.0464. The number of rotatable bonds is 7. The predicted molar refractivity (Wildman–Crippen MR) is 115 cm³/mol. The van der Waals surface area contributed by atoms with Gasteiger partial charge >= 0.3 is 6.18 Å². The first-order valence-corrected chi connectivity index (χ1v) is 11.1. The summed E-state index contributed by atoms with van der Waals surface area (Å²) in [6.07, 6.45) is -5.47. The van der Waals surface area contributed by atoms with Crippen LogP contribution in [0.15, 0.2) is 24.3 Å². The Hall–Kier alpha value is -2.23. The summed E-state index contributed by atoms with van der Waals surface area (Å²) in [6.45, 7) is 7.47. The molecule has 1 saturated carbocycles. The molecule has 0 aromatic heterocycles. The summed E-state index contributed by atoms with van der Waals surface area (Å²) in [5.41, 5.74) is -2.24. The third-order valence-corrected chi connectivity index (χ3v) is 6.04. The Bertz CT molecular complexity index is 828. The molecule has 2 fully saturated rings. The van der Waals surface area contributed by atoms with Crippen molar-refractivity contribution in [2.45, 2.75) is 58.7 Å². The van der Waals surface area contributed by atoms with Crippen molar-refractivity contribution in [1.82, 2.24) is 15.5 Å². The molecule has 1 heterocycles. The minimum Gasteiger partial charge on any atom is -0.352 e. The number of carbonyl (C=O) groups is 2. The number of benzene rings is 1. The molecule has 1 aromatic rings. The first kappa shape index (κ1) is 27.0. The zero-order valence-electron chi connectivity index (χ0n) is 19.4. The molecule has 2 N–H and O–H groups in total. The lowest BCUT2D eigenvalue weighted by atomic mass is 9.57. The molecule has 186 valence electrons. The van der Waals surface area contributed by atoms with Crippen LogP contribution in [0.25, 0.3) is 0 Å². The van der Waals surface area contributed by atoms with E-state index in [1.165, 1.54) is 24.3 Å². The molecule has 1 aliphatic carbocycles. The van der Waals surface area contributed by atoms with Crippen LogP contribution in [-0.2, 0) is 4.79 Å². The number of hydrogen-bond acceptors (Lipinski definition) is 3. The number of amides is 2. The molecule has 0 bridgehead atoms. The van der Waals surface area contributed by atoms with E-state index >= 15 is 0 Å². The molecular formula is C23H32F5N3O2. The molecular weight excluding hydrogens is 445 g/mol. The van der Waals surface area contributed by atoms with E-state index in [2.05, 4.69) is 5.32 Å². The molecule has 0 atom stereocenters. The van der Waals surface area contributed by atoms with Crippen LogP contribution in [0, 0.1) is 11.3 Å². The van der Waals surface area contributed by atoms with Crippen LogP contribution < -0.4 is 10.6 Å². The smallest absolute Gasteiger partial charge is 0.352 e. The summed E-state index contributed by atoms with van der Waals surface area (Å²) < 4.78 is 64.1. The molecule has 1 aromatic carbocycles. The second kappa shape index (κ2) is 10.4. The summed E-state index contributed by atoms with van der Waals surface area (Å²) in [6, 6.07) is 5.35. The van der Waals surface area contributed by atoms with Gasteiger partial charge in [-0.3, -0.25) is 14.5 Å². The quantitative estimate of drug-likeness (QED) is 0.567. The summed E-state index contributed by atoms with van der Waals surface area (Å²) in [5, 5.41) is 4.79. The van der Waals surface area contributed by atoms with Crippen LogP contribution in [-0.4, -0.2) is 54.6 Å². The van der Waals surface area contributed by atoms with Crippen LogP contribution in [0.2, 0.25) is 0 Å². The van der Waals surface area contributed by atoms with Gasteiger partial charge in [0.25, 0.3) is 12.3 Å². The van der Waals surface area contributed by atoms with E-state index in [1.807, 2.05) is 24.1 Å². The molecule has 1 spiro atoms. The summed E-state index contributed by atoms with van der Waals surface area (Å²) in [5.74, 6) is -0.809. The maximum absolute atomic E-state index is 12.9. The van der Waals surface area contributed by atoms with Gasteiger partial charge in [-0.25, -0.2) is 8.78 Å². The molecule has 0 radical (unpaired) electrons. The first-order chi connectivity index (χ1) is 15.3. The first-order valence-electron chi connectivity index (χ1n) is 11.1. The lowest BCUT2D eigenvalue weighted by molar-refractivity contribution is -0.189. The molecule has 2 aliphatic rings. The molecule has 0 unspecified atom stereocenters. The van der Waals surface area contributed by atoms with E-state index in [1.54, 1.807) is 0 Å². The SMILES string of the molecule is CC.CC(C)(NC(=O)CN1CC2(CC(CNC(=O)c3cccc(C(F)F)c3)C2)C1)C(F)(F)F. The van der Waals surface area contributed by atoms with Crippen molar-refractivity contribution in [2.24, 2.45) is 11.3 Å². The summed E-state index contributed by atoms with van der Waals surface area (Å²) in [7, 11) is 0. The molecule has 1 aliphatic heterocycles. The highest BCUT2D eigenvalue weighted by Gasteiger charge is 2.53. The predicted octanol–water partition coefficient (Wildman–Crippen LogP) is 4.55. The van der Waals surface area contributed by atoms with E-state index < -0.39 is 30.0 Å². The highest BCUT2D eigenvalue weighted by Crippen LogP contribution is 2.51. The maximum Gasteiger partial charge on any atom is 0.410 e. The standard InChI is InChI=1S/C21H26F5N3O2.C2H6/c1-19(2,21(24,25)26)28-16(30)10-29-11-20(12-29)7-13(8-20)9-27-18(31)15-5-3-4-14(6-15)17(22)23;1-2/h3-6,13,17H,7-12H2,1-2H3,(H,27,31)(H,28,30);1-2H3. The van der Waals surface area contributed by atoms with E-state index in [9.17, 15) is 31.5 Å². The lowest BCUT2D eigenvalue weighted by Gasteiger charge is -2.59. The number of nitrogens with one attached hydrogen (secondary N) is 2. The van der Waals surface area contributed by atoms with Gasteiger partial charge in [0.2, 0.25) is 5.91 Å². The van der Waals surface area contributed by atoms with Crippen molar-refractivity contribution in [3.05, 3.63) is 35.4 Å². The Morgan fingerprint density at radius 1 is 1.15 bits per heavy atom. The topological polar surface area (TPSA) is 61.4 Å². The Kier molecular flexibility index (Phi) is 8.48. The monoisotopic (exact) mass is 477 g/mol. The van der Waals surface area contributed by atoms with Crippen molar-refractivity contribution >= 4 is 11.8 Å². The van der Waals surface area contributed by atoms with Crippen molar-refractivity contribution in [2.75, 3.05) is 26.2 Å². The van der Waals surface area contributed by atoms with Gasteiger partial charge in [-0.15, -0.1) is 0 Å². The molecule has 5 nitrogen and oxygen atoms in total. The van der Waals surface area contributed by atoms with Gasteiger partial charge in [0.05, 0.1) is 6.54 Å². The van der Waals surface area contributed by atoms with Gasteiger partial charge in [0.1, 0.15) is 5.54 Å². The Labute approximate surface area is 191 Å². The fourth-order valence-corrected chi connectivity index (χ4v) is 4.40. The normalized spacial score (nSPS) is 18.1. The van der Waals surface area contributed by atoms with Gasteiger partial charge < -0.3 is 10.6 Å². The average molecular weight is 478 g/mol. The van der Waals surface area contributed by atoms with E-state index in [4.69, 9.17) is 0 Å². The number of carbonyl (C=O) groups excluding carboxylic acids is 2. The zero-order chi connectivity index (χ0) is 25.0. The number of hydrogen-bond donors (Lipinski definition) is 2. The van der Waals surface area contributed by atoms with Gasteiger partial charge in [0.15, 0.2) is 0 Å². The van der Waals surface area contributed by atoms with Gasteiger partial charge in [-0.2, -0.15) is 13.2 Å². The molecule has 3 rings (SSSR count). The molecule has 2 amide bonds. The van der Waals surface area contributed by atoms with Crippen molar-refractivity contribution < 1.29 is 31.5 Å². The van der Waals surface area contributed by atoms with E-state index in [-0.39, 0.29) is 29.0 Å². The average Bonchev–Trinajstić information content (AvgIpc) is 2.68. The summed E-state index contributed by atoms with van der Waals surface area (Å²) in [4.78, 5) is 25.9. The van der Waals surface area contributed by atoms with Crippen molar-refractivity contribution in [3.8, 4) is 0 Å². The largest absolute Gasteiger partial charge is 0.410 e. The molecule has 1 saturated heterocycles. The number of halogens is 5. The Morgan fingerprint density at radius 3 is 2.30 bits per heavy atom. The van der Waals surface area contributed by atoms with Crippen molar-refractivity contribution in [3.63, 3.8) is 0 Å². The number of alkyl halides is 5. The minimum atomic E-state index is -4.52. The molecule has 10 heteroatoms. The summed E-state index contributed by atoms with van der Waals surface area (Å²) >= 11 is 0. The second-order valence-corrected chi connectivity index (χ2v) is 9.23. The Morgan fingerprint density at radius 2 is 1.76 bits per heavy atom. The zero-order valence-corrected chi connectivity index (χ0v) is 19.4. The van der Waals surface area contributed by atoms with Crippen LogP contribution in [0.3, 0.4) is 0 Å². The van der Waals surface area contributed by atoms with Crippen LogP contribution in [0.1, 0.15) is 62.9 Å². The fraction of sp³-hybridized carbons (Fsp3) is 0.652. The third kappa shape index (κ3) is 6.65. The van der Waals surface area contributed by atoms with E-state index in [0.29, 0.717) is 19.6 Å². The maximum atomic E-state index is 12.9. The van der Waals surface area contributed by atoms with Crippen molar-refractivity contribution in [1.29, 1.82) is 0 Å². The lowest BCUT2D eigenvalue weighted by Crippen LogP contribution is -2.65. The Balaban J connectivity index is 0.00000187. The van der Waals surface area contributed by atoms with Crippen LogP contribution >= 0.6 is 0 Å². The van der Waals surface area contributed by atoms with Crippen LogP contribution in [0.4, 0.5) is 22.0 Å². The van der Waals surface area contributed by atoms with E-state index in [0.717, 1.165) is 26.7 Å².